The van der Waals surface area contributed by atoms with Crippen LogP contribution in [0.15, 0.2) is 48.5 Å². The van der Waals surface area contributed by atoms with E-state index >= 15 is 0 Å². The Bertz CT molecular complexity index is 857. The minimum Gasteiger partial charge on any atom is -0.349 e. The molecule has 0 saturated carbocycles. The van der Waals surface area contributed by atoms with Crippen molar-refractivity contribution in [1.29, 1.82) is 0 Å². The van der Waals surface area contributed by atoms with Gasteiger partial charge in [0.05, 0.1) is 6.42 Å². The number of rotatable bonds is 5. The lowest BCUT2D eigenvalue weighted by atomic mass is 10.0. The predicted molar refractivity (Wildman–Crippen MR) is 110 cm³/mol. The van der Waals surface area contributed by atoms with E-state index in [0.717, 1.165) is 43.7 Å². The van der Waals surface area contributed by atoms with E-state index in [1.165, 1.54) is 5.56 Å². The van der Waals surface area contributed by atoms with E-state index in [4.69, 9.17) is 0 Å². The third-order valence-corrected chi connectivity index (χ3v) is 5.76. The van der Waals surface area contributed by atoms with Gasteiger partial charge in [-0.25, -0.2) is 0 Å². The number of hydrogen-bond acceptors (Lipinski definition) is 3. The summed E-state index contributed by atoms with van der Waals surface area (Å²) >= 11 is 0. The van der Waals surface area contributed by atoms with Crippen LogP contribution < -0.4 is 10.2 Å². The number of fused-ring (bicyclic) bond motifs is 1. The van der Waals surface area contributed by atoms with Crippen LogP contribution in [0, 0.1) is 0 Å². The molecular weight excluding hydrogens is 350 g/mol. The van der Waals surface area contributed by atoms with Crippen LogP contribution in [-0.4, -0.2) is 42.4 Å². The van der Waals surface area contributed by atoms with Crippen molar-refractivity contribution in [2.75, 3.05) is 24.5 Å². The van der Waals surface area contributed by atoms with E-state index < -0.39 is 0 Å². The zero-order valence-corrected chi connectivity index (χ0v) is 16.4. The molecule has 2 aromatic carbocycles. The molecule has 146 valence electrons. The third kappa shape index (κ3) is 3.94. The highest BCUT2D eigenvalue weighted by molar-refractivity contribution is 6.03. The number of nitrogens with zero attached hydrogens (tertiary/aromatic N) is 2. The first-order valence-corrected chi connectivity index (χ1v) is 10.1. The molecule has 2 aliphatic rings. The Hall–Kier alpha value is -2.66. The van der Waals surface area contributed by atoms with E-state index in [9.17, 15) is 9.59 Å². The van der Waals surface area contributed by atoms with Gasteiger partial charge in [0.25, 0.3) is 5.91 Å². The van der Waals surface area contributed by atoms with Crippen molar-refractivity contribution in [2.24, 2.45) is 0 Å². The average Bonchev–Trinajstić information content (AvgIpc) is 3.04. The Kier molecular flexibility index (Phi) is 5.44. The van der Waals surface area contributed by atoms with Crippen molar-refractivity contribution in [3.63, 3.8) is 0 Å². The van der Waals surface area contributed by atoms with Gasteiger partial charge in [0.15, 0.2) is 0 Å². The molecule has 1 fully saturated rings. The number of likely N-dealkylation sites (tertiary alicyclic amines) is 1. The van der Waals surface area contributed by atoms with E-state index in [1.54, 1.807) is 4.90 Å². The second-order valence-corrected chi connectivity index (χ2v) is 7.67. The first kappa shape index (κ1) is 18.7. The summed E-state index contributed by atoms with van der Waals surface area (Å²) in [7, 11) is 0. The second kappa shape index (κ2) is 8.15. The van der Waals surface area contributed by atoms with E-state index in [-0.39, 0.29) is 17.9 Å². The predicted octanol–water partition coefficient (Wildman–Crippen LogP) is 2.99. The van der Waals surface area contributed by atoms with E-state index in [2.05, 4.69) is 34.5 Å². The highest BCUT2D eigenvalue weighted by atomic mass is 16.2. The molecule has 0 radical (unpaired) electrons. The van der Waals surface area contributed by atoms with Crippen LogP contribution >= 0.6 is 0 Å². The number of hydrogen-bond donors (Lipinski definition) is 1. The Morgan fingerprint density at radius 1 is 1.11 bits per heavy atom. The first-order valence-electron chi connectivity index (χ1n) is 10.1. The highest BCUT2D eigenvalue weighted by Gasteiger charge is 2.27. The SMILES string of the molecule is CCN1C(=O)Cc2cc(C(=O)NC3CCN(Cc4ccccc4)CC3)ccc21. The molecule has 28 heavy (non-hydrogen) atoms. The molecule has 2 heterocycles. The Morgan fingerprint density at radius 2 is 1.86 bits per heavy atom. The quantitative estimate of drug-likeness (QED) is 0.872. The van der Waals surface area contributed by atoms with Crippen LogP contribution in [0.5, 0.6) is 0 Å². The smallest absolute Gasteiger partial charge is 0.251 e. The summed E-state index contributed by atoms with van der Waals surface area (Å²) in [5, 5.41) is 3.18. The molecule has 0 atom stereocenters. The number of benzene rings is 2. The number of carbonyl (C=O) groups excluding carboxylic acids is 2. The van der Waals surface area contributed by atoms with Gasteiger partial charge in [-0.3, -0.25) is 14.5 Å². The van der Waals surface area contributed by atoms with Gasteiger partial charge in [-0.1, -0.05) is 30.3 Å². The van der Waals surface area contributed by atoms with Crippen LogP contribution in [0.4, 0.5) is 5.69 Å². The molecule has 0 bridgehead atoms. The van der Waals surface area contributed by atoms with Gasteiger partial charge in [0.2, 0.25) is 5.91 Å². The summed E-state index contributed by atoms with van der Waals surface area (Å²) in [4.78, 5) is 29.0. The Labute approximate surface area is 166 Å². The van der Waals surface area contributed by atoms with Gasteiger partial charge in [-0.15, -0.1) is 0 Å². The molecule has 1 saturated heterocycles. The van der Waals surface area contributed by atoms with Crippen molar-refractivity contribution >= 4 is 17.5 Å². The molecule has 2 aromatic rings. The number of amides is 2. The normalized spacial score (nSPS) is 17.6. The standard InChI is InChI=1S/C23H27N3O2/c1-2-26-21-9-8-18(14-19(21)15-22(26)27)23(28)24-20-10-12-25(13-11-20)16-17-6-4-3-5-7-17/h3-9,14,20H,2,10-13,15-16H2,1H3,(H,24,28). The molecule has 0 aromatic heterocycles. The molecule has 1 N–H and O–H groups in total. The first-order chi connectivity index (χ1) is 13.6. The fourth-order valence-corrected chi connectivity index (χ4v) is 4.22. The molecule has 5 heteroatoms. The molecule has 5 nitrogen and oxygen atoms in total. The fraction of sp³-hybridized carbons (Fsp3) is 0.391. The molecule has 0 spiro atoms. The number of piperidine rings is 1. The molecule has 2 amide bonds. The molecule has 2 aliphatic heterocycles. The van der Waals surface area contributed by atoms with Crippen molar-refractivity contribution in [3.8, 4) is 0 Å². The monoisotopic (exact) mass is 377 g/mol. The third-order valence-electron chi connectivity index (χ3n) is 5.76. The number of likely N-dealkylation sites (N-methyl/N-ethyl adjacent to an activating group) is 1. The number of carbonyl (C=O) groups is 2. The highest BCUT2D eigenvalue weighted by Crippen LogP contribution is 2.29. The fourth-order valence-electron chi connectivity index (χ4n) is 4.22. The maximum atomic E-state index is 12.7. The summed E-state index contributed by atoms with van der Waals surface area (Å²) in [6.07, 6.45) is 2.32. The zero-order valence-electron chi connectivity index (χ0n) is 16.4. The number of nitrogens with one attached hydrogen (secondary N) is 1. The van der Waals surface area contributed by atoms with Gasteiger partial charge >= 0.3 is 0 Å². The topological polar surface area (TPSA) is 52.7 Å². The maximum absolute atomic E-state index is 12.7. The van der Waals surface area contributed by atoms with Crippen LogP contribution in [-0.2, 0) is 17.8 Å². The Morgan fingerprint density at radius 3 is 2.57 bits per heavy atom. The molecule has 0 unspecified atom stereocenters. The lowest BCUT2D eigenvalue weighted by molar-refractivity contribution is -0.117. The van der Waals surface area contributed by atoms with Crippen molar-refractivity contribution < 1.29 is 9.59 Å². The molecular formula is C23H27N3O2. The van der Waals surface area contributed by atoms with Crippen molar-refractivity contribution in [2.45, 2.75) is 38.8 Å². The van der Waals surface area contributed by atoms with Crippen LogP contribution in [0.2, 0.25) is 0 Å². The van der Waals surface area contributed by atoms with Gasteiger partial charge in [0, 0.05) is 43.5 Å². The van der Waals surface area contributed by atoms with Crippen LogP contribution in [0.25, 0.3) is 0 Å². The van der Waals surface area contributed by atoms with Gasteiger partial charge in [0.1, 0.15) is 0 Å². The summed E-state index contributed by atoms with van der Waals surface area (Å²) in [5.41, 5.74) is 3.88. The van der Waals surface area contributed by atoms with E-state index in [0.29, 0.717) is 18.5 Å². The average molecular weight is 377 g/mol. The minimum absolute atomic E-state index is 0.0355. The molecule has 0 aliphatic carbocycles. The largest absolute Gasteiger partial charge is 0.349 e. The number of anilines is 1. The zero-order chi connectivity index (χ0) is 19.5. The minimum atomic E-state index is -0.0355. The van der Waals surface area contributed by atoms with Crippen molar-refractivity contribution in [1.82, 2.24) is 10.2 Å². The van der Waals surface area contributed by atoms with Crippen molar-refractivity contribution in [3.05, 3.63) is 65.2 Å². The molecule has 4 rings (SSSR count). The van der Waals surface area contributed by atoms with Gasteiger partial charge < -0.3 is 10.2 Å². The van der Waals surface area contributed by atoms with Crippen LogP contribution in [0.1, 0.15) is 41.3 Å². The summed E-state index contributed by atoms with van der Waals surface area (Å²) in [5.74, 6) is 0.0764. The Balaban J connectivity index is 1.32. The maximum Gasteiger partial charge on any atom is 0.251 e. The second-order valence-electron chi connectivity index (χ2n) is 7.67. The lowest BCUT2D eigenvalue weighted by Gasteiger charge is -2.32. The van der Waals surface area contributed by atoms with E-state index in [1.807, 2.05) is 31.2 Å². The summed E-state index contributed by atoms with van der Waals surface area (Å²) < 4.78 is 0. The summed E-state index contributed by atoms with van der Waals surface area (Å²) in [6.45, 7) is 5.58. The van der Waals surface area contributed by atoms with Crippen LogP contribution in [0.3, 0.4) is 0 Å². The lowest BCUT2D eigenvalue weighted by Crippen LogP contribution is -2.44. The van der Waals surface area contributed by atoms with Gasteiger partial charge in [-0.05, 0) is 49.1 Å². The van der Waals surface area contributed by atoms with Gasteiger partial charge in [-0.2, -0.15) is 0 Å². The summed E-state index contributed by atoms with van der Waals surface area (Å²) in [6, 6.07) is 16.3.